The molecule has 0 unspecified atom stereocenters. The Hall–Kier alpha value is -2.33. The van der Waals surface area contributed by atoms with Gasteiger partial charge in [-0.25, -0.2) is 9.97 Å². The van der Waals surface area contributed by atoms with Crippen LogP contribution in [0.4, 0.5) is 24.8 Å². The maximum absolute atomic E-state index is 12.7. The van der Waals surface area contributed by atoms with Crippen LogP contribution in [0.15, 0.2) is 24.3 Å². The lowest BCUT2D eigenvalue weighted by atomic mass is 10.2. The standard InChI is InChI=1S/C13H8ClF3N4/c1-7-4-9(6-18)20-12(19-7)21-11-5-8(13(15,16)17)2-3-10(11)14/h2-5H,1H3,(H,19,20,21). The number of anilines is 2. The number of nitrogens with one attached hydrogen (secondary N) is 1. The fourth-order valence-electron chi connectivity index (χ4n) is 1.60. The van der Waals surface area contributed by atoms with E-state index < -0.39 is 11.7 Å². The minimum atomic E-state index is -4.48. The van der Waals surface area contributed by atoms with Crippen molar-refractivity contribution < 1.29 is 13.2 Å². The number of alkyl halides is 3. The molecule has 2 aromatic rings. The highest BCUT2D eigenvalue weighted by atomic mass is 35.5. The number of rotatable bonds is 2. The summed E-state index contributed by atoms with van der Waals surface area (Å²) < 4.78 is 38.0. The zero-order valence-electron chi connectivity index (χ0n) is 10.7. The minimum Gasteiger partial charge on any atom is -0.323 e. The van der Waals surface area contributed by atoms with Crippen LogP contribution in [0.1, 0.15) is 17.0 Å². The third-order valence-electron chi connectivity index (χ3n) is 2.51. The number of nitriles is 1. The van der Waals surface area contributed by atoms with Gasteiger partial charge in [-0.3, -0.25) is 0 Å². The quantitative estimate of drug-likeness (QED) is 0.908. The SMILES string of the molecule is Cc1cc(C#N)nc(Nc2cc(C(F)(F)F)ccc2Cl)n1. The van der Waals surface area contributed by atoms with E-state index in [1.807, 2.05) is 6.07 Å². The van der Waals surface area contributed by atoms with Crippen LogP contribution in [0.25, 0.3) is 0 Å². The van der Waals surface area contributed by atoms with Crippen molar-refractivity contribution in [3.05, 3.63) is 46.2 Å². The molecule has 0 radical (unpaired) electrons. The summed E-state index contributed by atoms with van der Waals surface area (Å²) in [5.74, 6) is 0.00720. The van der Waals surface area contributed by atoms with Gasteiger partial charge in [-0.05, 0) is 31.2 Å². The number of nitrogens with zero attached hydrogens (tertiary/aromatic N) is 3. The topological polar surface area (TPSA) is 61.6 Å². The van der Waals surface area contributed by atoms with Gasteiger partial charge in [0.2, 0.25) is 5.95 Å². The monoisotopic (exact) mass is 312 g/mol. The normalized spacial score (nSPS) is 11.0. The first-order chi connectivity index (χ1) is 9.79. The van der Waals surface area contributed by atoms with E-state index in [4.69, 9.17) is 16.9 Å². The van der Waals surface area contributed by atoms with Crippen molar-refractivity contribution >= 4 is 23.2 Å². The van der Waals surface area contributed by atoms with Gasteiger partial charge >= 0.3 is 6.18 Å². The molecule has 21 heavy (non-hydrogen) atoms. The Morgan fingerprint density at radius 3 is 2.57 bits per heavy atom. The van der Waals surface area contributed by atoms with E-state index in [2.05, 4.69) is 15.3 Å². The molecule has 8 heteroatoms. The molecule has 0 atom stereocenters. The molecule has 1 heterocycles. The fourth-order valence-corrected chi connectivity index (χ4v) is 1.76. The fraction of sp³-hybridized carbons (Fsp3) is 0.154. The summed E-state index contributed by atoms with van der Waals surface area (Å²) in [6, 6.07) is 6.17. The van der Waals surface area contributed by atoms with E-state index in [1.165, 1.54) is 6.07 Å². The number of aryl methyl sites for hydroxylation is 1. The van der Waals surface area contributed by atoms with Crippen LogP contribution in [0, 0.1) is 18.3 Å². The van der Waals surface area contributed by atoms with E-state index in [9.17, 15) is 13.2 Å². The summed E-state index contributed by atoms with van der Waals surface area (Å²) in [5.41, 5.74) is -0.219. The molecule has 0 saturated heterocycles. The van der Waals surface area contributed by atoms with Crippen LogP contribution < -0.4 is 5.32 Å². The largest absolute Gasteiger partial charge is 0.416 e. The lowest BCUT2D eigenvalue weighted by Gasteiger charge is -2.11. The van der Waals surface area contributed by atoms with Gasteiger partial charge in [-0.1, -0.05) is 11.6 Å². The Morgan fingerprint density at radius 1 is 1.24 bits per heavy atom. The molecule has 0 fully saturated rings. The Bertz CT molecular complexity index is 722. The third kappa shape index (κ3) is 3.61. The summed E-state index contributed by atoms with van der Waals surface area (Å²) in [4.78, 5) is 7.85. The number of aromatic nitrogens is 2. The third-order valence-corrected chi connectivity index (χ3v) is 2.84. The van der Waals surface area contributed by atoms with Gasteiger partial charge in [-0.15, -0.1) is 0 Å². The van der Waals surface area contributed by atoms with Crippen LogP contribution in [0.3, 0.4) is 0 Å². The molecule has 0 aliphatic rings. The zero-order chi connectivity index (χ0) is 15.6. The molecule has 1 aromatic carbocycles. The van der Waals surface area contributed by atoms with Gasteiger partial charge in [-0.2, -0.15) is 18.4 Å². The Balaban J connectivity index is 2.40. The Labute approximate surface area is 123 Å². The summed E-state index contributed by atoms with van der Waals surface area (Å²) in [5, 5.41) is 11.5. The molecule has 1 N–H and O–H groups in total. The maximum atomic E-state index is 12.7. The van der Waals surface area contributed by atoms with E-state index in [0.29, 0.717) is 5.69 Å². The number of hydrogen-bond acceptors (Lipinski definition) is 4. The molecule has 0 spiro atoms. The molecular formula is C13H8ClF3N4. The second kappa shape index (κ2) is 5.58. The summed E-state index contributed by atoms with van der Waals surface area (Å²) in [6.07, 6.45) is -4.48. The van der Waals surface area contributed by atoms with Crippen LogP contribution in [-0.4, -0.2) is 9.97 Å². The second-order valence-corrected chi connectivity index (χ2v) is 4.55. The van der Waals surface area contributed by atoms with Crippen molar-refractivity contribution in [2.24, 2.45) is 0 Å². The first-order valence-corrected chi connectivity index (χ1v) is 6.07. The van der Waals surface area contributed by atoms with Crippen molar-refractivity contribution in [3.8, 4) is 6.07 Å². The van der Waals surface area contributed by atoms with Gasteiger partial charge in [0.05, 0.1) is 16.3 Å². The van der Waals surface area contributed by atoms with Crippen LogP contribution in [0.5, 0.6) is 0 Å². The van der Waals surface area contributed by atoms with Crippen molar-refractivity contribution in [1.29, 1.82) is 5.26 Å². The molecule has 4 nitrogen and oxygen atoms in total. The number of hydrogen-bond donors (Lipinski definition) is 1. The Kier molecular flexibility index (Phi) is 4.00. The smallest absolute Gasteiger partial charge is 0.323 e. The summed E-state index contributed by atoms with van der Waals surface area (Å²) in [6.45, 7) is 1.64. The maximum Gasteiger partial charge on any atom is 0.416 e. The van der Waals surface area contributed by atoms with Gasteiger partial charge in [0.25, 0.3) is 0 Å². The van der Waals surface area contributed by atoms with Gasteiger partial charge < -0.3 is 5.32 Å². The highest BCUT2D eigenvalue weighted by Crippen LogP contribution is 2.34. The van der Waals surface area contributed by atoms with Gasteiger partial charge in [0, 0.05) is 5.69 Å². The molecule has 108 valence electrons. The molecule has 0 aliphatic carbocycles. The lowest BCUT2D eigenvalue weighted by Crippen LogP contribution is -2.06. The minimum absolute atomic E-state index is 0.00720. The predicted octanol–water partition coefficient (Wildman–Crippen LogP) is 4.07. The van der Waals surface area contributed by atoms with Crippen molar-refractivity contribution in [1.82, 2.24) is 9.97 Å². The highest BCUT2D eigenvalue weighted by Gasteiger charge is 2.31. The molecule has 0 bridgehead atoms. The lowest BCUT2D eigenvalue weighted by molar-refractivity contribution is -0.137. The highest BCUT2D eigenvalue weighted by molar-refractivity contribution is 6.33. The van der Waals surface area contributed by atoms with Crippen LogP contribution >= 0.6 is 11.6 Å². The summed E-state index contributed by atoms with van der Waals surface area (Å²) >= 11 is 5.86. The first-order valence-electron chi connectivity index (χ1n) is 5.69. The first kappa shape index (κ1) is 15.1. The zero-order valence-corrected chi connectivity index (χ0v) is 11.4. The molecule has 0 saturated carbocycles. The van der Waals surface area contributed by atoms with Gasteiger partial charge in [0.15, 0.2) is 0 Å². The molecule has 1 aromatic heterocycles. The molecule has 2 rings (SSSR count). The van der Waals surface area contributed by atoms with E-state index in [-0.39, 0.29) is 22.4 Å². The van der Waals surface area contributed by atoms with Crippen molar-refractivity contribution in [2.75, 3.05) is 5.32 Å². The number of benzene rings is 1. The molecule has 0 aliphatic heterocycles. The second-order valence-electron chi connectivity index (χ2n) is 4.15. The summed E-state index contributed by atoms with van der Waals surface area (Å²) in [7, 11) is 0. The Morgan fingerprint density at radius 2 is 1.95 bits per heavy atom. The van der Waals surface area contributed by atoms with Crippen LogP contribution in [-0.2, 0) is 6.18 Å². The van der Waals surface area contributed by atoms with E-state index in [0.717, 1.165) is 18.2 Å². The number of halogens is 4. The van der Waals surface area contributed by atoms with Crippen molar-refractivity contribution in [3.63, 3.8) is 0 Å². The van der Waals surface area contributed by atoms with E-state index >= 15 is 0 Å². The molecular weight excluding hydrogens is 305 g/mol. The van der Waals surface area contributed by atoms with E-state index in [1.54, 1.807) is 6.92 Å². The molecule has 0 amide bonds. The van der Waals surface area contributed by atoms with Crippen LogP contribution in [0.2, 0.25) is 5.02 Å². The average molecular weight is 313 g/mol. The van der Waals surface area contributed by atoms with Gasteiger partial charge in [0.1, 0.15) is 11.8 Å². The average Bonchev–Trinajstić information content (AvgIpc) is 2.39. The predicted molar refractivity (Wildman–Crippen MR) is 71.2 cm³/mol. The van der Waals surface area contributed by atoms with Crippen molar-refractivity contribution in [2.45, 2.75) is 13.1 Å².